The van der Waals surface area contributed by atoms with Crippen molar-refractivity contribution in [3.63, 3.8) is 0 Å². The fraction of sp³-hybridized carbons (Fsp3) is 0.200. The van der Waals surface area contributed by atoms with Crippen molar-refractivity contribution >= 4 is 21.6 Å². The molecule has 0 amide bonds. The first-order valence-corrected chi connectivity index (χ1v) is 8.26. The van der Waals surface area contributed by atoms with Crippen molar-refractivity contribution < 1.29 is 12.8 Å². The molecule has 1 N–H and O–H groups in total. The van der Waals surface area contributed by atoms with Crippen LogP contribution in [0.3, 0.4) is 0 Å². The molecule has 3 nitrogen and oxygen atoms in total. The third-order valence-corrected chi connectivity index (χ3v) is 4.86. The SMILES string of the molecule is C[C@H](CNS(=O)(=O)c1ccc(F)c(Cl)c1)c1ccccc1. The molecular formula is C15H15ClFNO2S. The number of benzene rings is 2. The van der Waals surface area contributed by atoms with Gasteiger partial charge >= 0.3 is 0 Å². The van der Waals surface area contributed by atoms with Crippen LogP contribution in [0.15, 0.2) is 53.4 Å². The average molecular weight is 328 g/mol. The van der Waals surface area contributed by atoms with Gasteiger partial charge in [-0.05, 0) is 29.7 Å². The Morgan fingerprint density at radius 2 is 1.86 bits per heavy atom. The number of sulfonamides is 1. The summed E-state index contributed by atoms with van der Waals surface area (Å²) >= 11 is 5.61. The summed E-state index contributed by atoms with van der Waals surface area (Å²) in [5.74, 6) is -0.620. The van der Waals surface area contributed by atoms with Gasteiger partial charge in [0.25, 0.3) is 0 Å². The number of nitrogens with one attached hydrogen (secondary N) is 1. The third kappa shape index (κ3) is 4.03. The molecular weight excluding hydrogens is 313 g/mol. The van der Waals surface area contributed by atoms with Crippen LogP contribution < -0.4 is 4.72 Å². The fourth-order valence-electron chi connectivity index (χ4n) is 1.86. The zero-order chi connectivity index (χ0) is 15.5. The van der Waals surface area contributed by atoms with Gasteiger partial charge in [-0.25, -0.2) is 17.5 Å². The number of hydrogen-bond acceptors (Lipinski definition) is 2. The van der Waals surface area contributed by atoms with Crippen molar-refractivity contribution in [3.8, 4) is 0 Å². The summed E-state index contributed by atoms with van der Waals surface area (Å²) in [6.45, 7) is 2.18. The first kappa shape index (κ1) is 15.9. The predicted molar refractivity (Wildman–Crippen MR) is 81.5 cm³/mol. The molecule has 0 saturated carbocycles. The summed E-state index contributed by atoms with van der Waals surface area (Å²) in [4.78, 5) is -0.0471. The minimum atomic E-state index is -3.70. The van der Waals surface area contributed by atoms with Crippen molar-refractivity contribution in [1.29, 1.82) is 0 Å². The zero-order valence-electron chi connectivity index (χ0n) is 11.4. The van der Waals surface area contributed by atoms with Crippen LogP contribution in [0, 0.1) is 5.82 Å². The summed E-state index contributed by atoms with van der Waals surface area (Å²) in [5.41, 5.74) is 1.04. The Labute approximate surface area is 128 Å². The third-order valence-electron chi connectivity index (χ3n) is 3.15. The number of rotatable bonds is 5. The van der Waals surface area contributed by atoms with E-state index < -0.39 is 15.8 Å². The topological polar surface area (TPSA) is 46.2 Å². The molecule has 0 radical (unpaired) electrons. The van der Waals surface area contributed by atoms with E-state index in [0.717, 1.165) is 17.7 Å². The maximum atomic E-state index is 13.1. The van der Waals surface area contributed by atoms with Gasteiger partial charge in [0.15, 0.2) is 0 Å². The van der Waals surface area contributed by atoms with Crippen LogP contribution in [-0.4, -0.2) is 15.0 Å². The van der Waals surface area contributed by atoms with Gasteiger partial charge in [-0.15, -0.1) is 0 Å². The Kier molecular flexibility index (Phi) is 4.98. The van der Waals surface area contributed by atoms with E-state index in [4.69, 9.17) is 11.6 Å². The lowest BCUT2D eigenvalue weighted by molar-refractivity contribution is 0.574. The molecule has 21 heavy (non-hydrogen) atoms. The fourth-order valence-corrected chi connectivity index (χ4v) is 3.26. The average Bonchev–Trinajstić information content (AvgIpc) is 2.48. The first-order valence-electron chi connectivity index (χ1n) is 6.40. The standard InChI is InChI=1S/C15H15ClFNO2S/c1-11(12-5-3-2-4-6-12)10-18-21(19,20)13-7-8-15(17)14(16)9-13/h2-9,11,18H,10H2,1H3/t11-/m1/s1. The molecule has 0 fully saturated rings. The van der Waals surface area contributed by atoms with Gasteiger partial charge in [-0.1, -0.05) is 48.9 Å². The molecule has 0 aromatic heterocycles. The Morgan fingerprint density at radius 1 is 1.19 bits per heavy atom. The lowest BCUT2D eigenvalue weighted by Crippen LogP contribution is -2.27. The lowest BCUT2D eigenvalue weighted by atomic mass is 10.0. The van der Waals surface area contributed by atoms with Crippen LogP contribution in [0.25, 0.3) is 0 Å². The summed E-state index contributed by atoms with van der Waals surface area (Å²) in [7, 11) is -3.70. The maximum Gasteiger partial charge on any atom is 0.240 e. The molecule has 0 unspecified atom stereocenters. The Hall–Kier alpha value is -1.43. The molecule has 0 aliphatic heterocycles. The first-order chi connectivity index (χ1) is 9.90. The van der Waals surface area contributed by atoms with Crippen molar-refractivity contribution in [2.75, 3.05) is 6.54 Å². The normalized spacial score (nSPS) is 13.1. The molecule has 6 heteroatoms. The quantitative estimate of drug-likeness (QED) is 0.912. The van der Waals surface area contributed by atoms with Crippen LogP contribution in [0.5, 0.6) is 0 Å². The highest BCUT2D eigenvalue weighted by Gasteiger charge is 2.17. The number of hydrogen-bond donors (Lipinski definition) is 1. The van der Waals surface area contributed by atoms with E-state index in [1.54, 1.807) is 0 Å². The van der Waals surface area contributed by atoms with Gasteiger partial charge < -0.3 is 0 Å². The van der Waals surface area contributed by atoms with E-state index in [-0.39, 0.29) is 22.4 Å². The molecule has 0 aliphatic carbocycles. The number of halogens is 2. The van der Waals surface area contributed by atoms with E-state index in [1.165, 1.54) is 6.07 Å². The lowest BCUT2D eigenvalue weighted by Gasteiger charge is -2.13. The van der Waals surface area contributed by atoms with Gasteiger partial charge in [0, 0.05) is 6.54 Å². The second-order valence-electron chi connectivity index (χ2n) is 4.74. The summed E-state index contributed by atoms with van der Waals surface area (Å²) in [6, 6.07) is 12.9. The second kappa shape index (κ2) is 6.56. The van der Waals surface area contributed by atoms with E-state index in [2.05, 4.69) is 4.72 Å². The smallest absolute Gasteiger partial charge is 0.211 e. The minimum absolute atomic E-state index is 0.0249. The monoisotopic (exact) mass is 327 g/mol. The second-order valence-corrected chi connectivity index (χ2v) is 6.91. The van der Waals surface area contributed by atoms with E-state index >= 15 is 0 Å². The maximum absolute atomic E-state index is 13.1. The van der Waals surface area contributed by atoms with Gasteiger partial charge in [-0.3, -0.25) is 0 Å². The van der Waals surface area contributed by atoms with Crippen LogP contribution in [0.1, 0.15) is 18.4 Å². The van der Waals surface area contributed by atoms with E-state index in [1.807, 2.05) is 37.3 Å². The van der Waals surface area contributed by atoms with Crippen LogP contribution in [0.4, 0.5) is 4.39 Å². The van der Waals surface area contributed by atoms with Crippen molar-refractivity contribution in [2.45, 2.75) is 17.7 Å². The highest BCUT2D eigenvalue weighted by molar-refractivity contribution is 7.89. The van der Waals surface area contributed by atoms with Crippen molar-refractivity contribution in [1.82, 2.24) is 4.72 Å². The summed E-state index contributed by atoms with van der Waals surface area (Å²) in [5, 5.41) is -0.214. The summed E-state index contributed by atoms with van der Waals surface area (Å²) < 4.78 is 39.9. The zero-order valence-corrected chi connectivity index (χ0v) is 13.0. The minimum Gasteiger partial charge on any atom is -0.211 e. The van der Waals surface area contributed by atoms with Crippen LogP contribution >= 0.6 is 11.6 Å². The highest BCUT2D eigenvalue weighted by Crippen LogP contribution is 2.20. The van der Waals surface area contributed by atoms with Crippen LogP contribution in [-0.2, 0) is 10.0 Å². The van der Waals surface area contributed by atoms with Crippen molar-refractivity contribution in [2.24, 2.45) is 0 Å². The molecule has 2 aromatic rings. The van der Waals surface area contributed by atoms with Crippen LogP contribution in [0.2, 0.25) is 5.02 Å². The Bertz CT molecular complexity index is 720. The van der Waals surface area contributed by atoms with E-state index in [0.29, 0.717) is 0 Å². The highest BCUT2D eigenvalue weighted by atomic mass is 35.5. The van der Waals surface area contributed by atoms with Gasteiger partial charge in [0.1, 0.15) is 5.82 Å². The van der Waals surface area contributed by atoms with Gasteiger partial charge in [-0.2, -0.15) is 0 Å². The molecule has 0 spiro atoms. The molecule has 1 atom stereocenters. The molecule has 0 aliphatic rings. The van der Waals surface area contributed by atoms with Crippen molar-refractivity contribution in [3.05, 3.63) is 64.9 Å². The molecule has 112 valence electrons. The Morgan fingerprint density at radius 3 is 2.48 bits per heavy atom. The largest absolute Gasteiger partial charge is 0.240 e. The van der Waals surface area contributed by atoms with Gasteiger partial charge in [0.2, 0.25) is 10.0 Å². The molecule has 0 bridgehead atoms. The predicted octanol–water partition coefficient (Wildman–Crippen LogP) is 3.56. The molecule has 0 saturated heterocycles. The molecule has 2 aromatic carbocycles. The molecule has 2 rings (SSSR count). The molecule has 0 heterocycles. The van der Waals surface area contributed by atoms with Gasteiger partial charge in [0.05, 0.1) is 9.92 Å². The Balaban J connectivity index is 2.09. The summed E-state index contributed by atoms with van der Waals surface area (Å²) in [6.07, 6.45) is 0. The van der Waals surface area contributed by atoms with E-state index in [9.17, 15) is 12.8 Å².